The molecule has 2 fully saturated rings. The van der Waals surface area contributed by atoms with E-state index in [1.807, 2.05) is 29.2 Å². The van der Waals surface area contributed by atoms with E-state index >= 15 is 0 Å². The van der Waals surface area contributed by atoms with Crippen LogP contribution in [0.4, 0.5) is 0 Å². The van der Waals surface area contributed by atoms with E-state index < -0.39 is 0 Å². The van der Waals surface area contributed by atoms with E-state index in [-0.39, 0.29) is 18.0 Å². The second kappa shape index (κ2) is 8.30. The lowest BCUT2D eigenvalue weighted by Crippen LogP contribution is -2.49. The number of piperidine rings is 1. The highest BCUT2D eigenvalue weighted by Crippen LogP contribution is 2.25. The number of benzene rings is 1. The maximum absolute atomic E-state index is 12.7. The summed E-state index contributed by atoms with van der Waals surface area (Å²) in [6, 6.07) is 7.83. The molecular formula is C18H27ClN4O. The zero-order valence-corrected chi connectivity index (χ0v) is 15.0. The fourth-order valence-corrected chi connectivity index (χ4v) is 3.68. The average Bonchev–Trinajstić information content (AvgIpc) is 3.10. The molecule has 6 heteroatoms. The fraction of sp³-hybridized carbons (Fsp3) is 0.611. The van der Waals surface area contributed by atoms with E-state index in [1.165, 1.54) is 0 Å². The van der Waals surface area contributed by atoms with Crippen molar-refractivity contribution in [2.45, 2.75) is 38.3 Å². The second-order valence-corrected chi connectivity index (χ2v) is 7.19. The summed E-state index contributed by atoms with van der Waals surface area (Å²) in [6.07, 6.45) is 2.97. The number of amides is 1. The van der Waals surface area contributed by atoms with Crippen molar-refractivity contribution in [2.75, 3.05) is 26.2 Å². The molecule has 2 aliphatic rings. The molecule has 24 heavy (non-hydrogen) atoms. The van der Waals surface area contributed by atoms with E-state index in [0.717, 1.165) is 56.0 Å². The molecule has 0 aromatic heterocycles. The molecule has 1 amide bonds. The van der Waals surface area contributed by atoms with E-state index in [0.29, 0.717) is 5.92 Å². The summed E-state index contributed by atoms with van der Waals surface area (Å²) in [5.74, 6) is 0.923. The van der Waals surface area contributed by atoms with Crippen LogP contribution < -0.4 is 16.2 Å². The first-order chi connectivity index (χ1) is 11.7. The summed E-state index contributed by atoms with van der Waals surface area (Å²) in [7, 11) is 0. The normalized spacial score (nSPS) is 25.2. The van der Waals surface area contributed by atoms with Gasteiger partial charge in [-0.2, -0.15) is 0 Å². The summed E-state index contributed by atoms with van der Waals surface area (Å²) >= 11 is 5.94. The van der Waals surface area contributed by atoms with Gasteiger partial charge in [0.2, 0.25) is 5.91 Å². The Hall–Kier alpha value is -1.14. The molecular weight excluding hydrogens is 324 g/mol. The summed E-state index contributed by atoms with van der Waals surface area (Å²) in [5, 5.41) is 4.14. The Morgan fingerprint density at radius 1 is 1.25 bits per heavy atom. The zero-order chi connectivity index (χ0) is 16.9. The largest absolute Gasteiger partial charge is 0.341 e. The highest BCUT2D eigenvalue weighted by molar-refractivity contribution is 6.30. The molecule has 0 bridgehead atoms. The van der Waals surface area contributed by atoms with Crippen molar-refractivity contribution in [1.82, 2.24) is 21.1 Å². The monoisotopic (exact) mass is 350 g/mol. The Morgan fingerprint density at radius 3 is 2.62 bits per heavy atom. The predicted molar refractivity (Wildman–Crippen MR) is 96.7 cm³/mol. The lowest BCUT2D eigenvalue weighted by Gasteiger charge is -2.33. The van der Waals surface area contributed by atoms with Crippen LogP contribution in [0.25, 0.3) is 0 Å². The van der Waals surface area contributed by atoms with Crippen molar-refractivity contribution in [2.24, 2.45) is 5.92 Å². The van der Waals surface area contributed by atoms with E-state index in [9.17, 15) is 4.79 Å². The van der Waals surface area contributed by atoms with Crippen LogP contribution in [0.3, 0.4) is 0 Å². The van der Waals surface area contributed by atoms with Crippen LogP contribution in [0, 0.1) is 5.92 Å². The third-order valence-corrected chi connectivity index (χ3v) is 5.33. The Morgan fingerprint density at radius 2 is 1.96 bits per heavy atom. The van der Waals surface area contributed by atoms with Gasteiger partial charge in [-0.05, 0) is 56.0 Å². The highest BCUT2D eigenvalue weighted by Gasteiger charge is 2.34. The Labute approximate surface area is 149 Å². The van der Waals surface area contributed by atoms with Gasteiger partial charge >= 0.3 is 0 Å². The third kappa shape index (κ3) is 4.28. The number of halogens is 1. The number of nitrogens with one attached hydrogen (secondary N) is 3. The quantitative estimate of drug-likeness (QED) is 0.761. The summed E-state index contributed by atoms with van der Waals surface area (Å²) in [5.41, 5.74) is 7.58. The minimum absolute atomic E-state index is 0.143. The molecule has 0 aliphatic carbocycles. The number of rotatable bonds is 5. The summed E-state index contributed by atoms with van der Waals surface area (Å²) in [6.45, 7) is 5.97. The predicted octanol–water partition coefficient (Wildman–Crippen LogP) is 2.10. The molecule has 2 heterocycles. The van der Waals surface area contributed by atoms with Gasteiger partial charge in [0.15, 0.2) is 0 Å². The fourth-order valence-electron chi connectivity index (χ4n) is 3.56. The van der Waals surface area contributed by atoms with Gasteiger partial charge in [-0.1, -0.05) is 30.7 Å². The third-order valence-electron chi connectivity index (χ3n) is 5.08. The molecule has 132 valence electrons. The van der Waals surface area contributed by atoms with Crippen LogP contribution in [0.5, 0.6) is 0 Å². The number of hydrogen-bond donors (Lipinski definition) is 3. The van der Waals surface area contributed by atoms with Crippen LogP contribution in [0.15, 0.2) is 24.3 Å². The topological polar surface area (TPSA) is 56.4 Å². The van der Waals surface area contributed by atoms with Crippen LogP contribution in [0.2, 0.25) is 5.02 Å². The first-order valence-electron chi connectivity index (χ1n) is 8.93. The van der Waals surface area contributed by atoms with Crippen molar-refractivity contribution >= 4 is 17.5 Å². The molecule has 1 aromatic carbocycles. The number of nitrogens with zero attached hydrogens (tertiary/aromatic N) is 1. The van der Waals surface area contributed by atoms with Gasteiger partial charge in [-0.25, -0.2) is 10.9 Å². The van der Waals surface area contributed by atoms with Crippen molar-refractivity contribution in [3.63, 3.8) is 0 Å². The first kappa shape index (κ1) is 17.7. The number of hydrogen-bond acceptors (Lipinski definition) is 4. The lowest BCUT2D eigenvalue weighted by atomic mass is 9.95. The van der Waals surface area contributed by atoms with Gasteiger partial charge < -0.3 is 10.2 Å². The number of likely N-dealkylation sites (tertiary alicyclic amines) is 1. The minimum atomic E-state index is -0.143. The number of carbonyl (C=O) groups is 1. The number of carbonyl (C=O) groups excluding carboxylic acids is 1. The second-order valence-electron chi connectivity index (χ2n) is 6.76. The molecule has 0 radical (unpaired) electrons. The van der Waals surface area contributed by atoms with Crippen molar-refractivity contribution in [3.05, 3.63) is 34.9 Å². The molecule has 0 saturated carbocycles. The van der Waals surface area contributed by atoms with Crippen molar-refractivity contribution in [3.8, 4) is 0 Å². The molecule has 3 N–H and O–H groups in total. The van der Waals surface area contributed by atoms with Gasteiger partial charge in [0, 0.05) is 24.2 Å². The van der Waals surface area contributed by atoms with E-state index in [2.05, 4.69) is 23.1 Å². The molecule has 2 aliphatic heterocycles. The van der Waals surface area contributed by atoms with Crippen LogP contribution in [-0.2, 0) is 4.79 Å². The van der Waals surface area contributed by atoms with Gasteiger partial charge in [-0.15, -0.1) is 0 Å². The summed E-state index contributed by atoms with van der Waals surface area (Å²) < 4.78 is 0. The van der Waals surface area contributed by atoms with Gasteiger partial charge in [0.25, 0.3) is 0 Å². The maximum atomic E-state index is 12.7. The van der Waals surface area contributed by atoms with Gasteiger partial charge in [0.05, 0.1) is 0 Å². The SMILES string of the molecule is CCNCC1CCN(C(=O)C2CC(c3ccc(Cl)cc3)NN2)CC1. The van der Waals surface area contributed by atoms with Crippen molar-refractivity contribution in [1.29, 1.82) is 0 Å². The molecule has 0 spiro atoms. The zero-order valence-electron chi connectivity index (χ0n) is 14.2. The van der Waals surface area contributed by atoms with E-state index in [1.54, 1.807) is 0 Å². The smallest absolute Gasteiger partial charge is 0.241 e. The Balaban J connectivity index is 1.49. The average molecular weight is 351 g/mol. The van der Waals surface area contributed by atoms with Gasteiger partial charge in [0.1, 0.15) is 6.04 Å². The Kier molecular flexibility index (Phi) is 6.11. The minimum Gasteiger partial charge on any atom is -0.341 e. The van der Waals surface area contributed by atoms with Gasteiger partial charge in [-0.3, -0.25) is 4.79 Å². The Bertz CT molecular complexity index is 542. The molecule has 2 unspecified atom stereocenters. The molecule has 1 aromatic rings. The maximum Gasteiger partial charge on any atom is 0.241 e. The van der Waals surface area contributed by atoms with Crippen molar-refractivity contribution < 1.29 is 4.79 Å². The number of hydrazine groups is 1. The van der Waals surface area contributed by atoms with Crippen LogP contribution in [0.1, 0.15) is 37.8 Å². The molecule has 2 saturated heterocycles. The lowest BCUT2D eigenvalue weighted by molar-refractivity contribution is -0.134. The van der Waals surface area contributed by atoms with E-state index in [4.69, 9.17) is 11.6 Å². The first-order valence-corrected chi connectivity index (χ1v) is 9.31. The standard InChI is InChI=1S/C18H27ClN4O/c1-2-20-12-13-7-9-23(10-8-13)18(24)17-11-16(21-22-17)14-3-5-15(19)6-4-14/h3-6,13,16-17,20-22H,2,7-12H2,1H3. The molecule has 5 nitrogen and oxygen atoms in total. The summed E-state index contributed by atoms with van der Waals surface area (Å²) in [4.78, 5) is 14.8. The molecule has 2 atom stereocenters. The highest BCUT2D eigenvalue weighted by atomic mass is 35.5. The molecule has 3 rings (SSSR count). The van der Waals surface area contributed by atoms with Crippen LogP contribution >= 0.6 is 11.6 Å². The van der Waals surface area contributed by atoms with Crippen LogP contribution in [-0.4, -0.2) is 43.0 Å².